The summed E-state index contributed by atoms with van der Waals surface area (Å²) in [6.45, 7) is 13.1. The van der Waals surface area contributed by atoms with E-state index in [-0.39, 0.29) is 5.97 Å². The first-order chi connectivity index (χ1) is 11.8. The van der Waals surface area contributed by atoms with E-state index < -0.39 is 0 Å². The van der Waals surface area contributed by atoms with E-state index in [1.54, 1.807) is 11.8 Å². The topological polar surface area (TPSA) is 35.5 Å². The Hall–Kier alpha value is -1.68. The molecule has 0 fully saturated rings. The molecule has 25 heavy (non-hydrogen) atoms. The van der Waals surface area contributed by atoms with Crippen LogP contribution in [-0.4, -0.2) is 19.7 Å². The van der Waals surface area contributed by atoms with Crippen LogP contribution >= 0.6 is 11.8 Å². The number of hydrogen-bond donors (Lipinski definition) is 0. The second kappa shape index (κ2) is 10.3. The molecule has 0 aliphatic heterocycles. The smallest absolute Gasteiger partial charge is 0.310 e. The average Bonchev–Trinajstić information content (AvgIpc) is 2.56. The van der Waals surface area contributed by atoms with E-state index in [0.717, 1.165) is 32.3 Å². The van der Waals surface area contributed by atoms with Crippen molar-refractivity contribution in [1.82, 2.24) is 0 Å². The van der Waals surface area contributed by atoms with Crippen LogP contribution in [0.5, 0.6) is 5.75 Å². The molecular weight excluding hydrogens is 332 g/mol. The van der Waals surface area contributed by atoms with Crippen LogP contribution in [0.15, 0.2) is 34.8 Å². The molecule has 0 aliphatic carbocycles. The Kier molecular flexibility index (Phi) is 8.84. The lowest BCUT2D eigenvalue weighted by Gasteiger charge is -2.15. The molecule has 1 rings (SSSR count). The summed E-state index contributed by atoms with van der Waals surface area (Å²) in [6, 6.07) is 6.24. The molecule has 0 unspecified atom stereocenters. The summed E-state index contributed by atoms with van der Waals surface area (Å²) in [5, 5.41) is 0. The summed E-state index contributed by atoms with van der Waals surface area (Å²) in [5.74, 6) is 1.21. The number of hydrogen-bond acceptors (Lipinski definition) is 4. The van der Waals surface area contributed by atoms with Gasteiger partial charge in [0.25, 0.3) is 0 Å². The Morgan fingerprint density at radius 2 is 1.96 bits per heavy atom. The molecule has 1 aromatic carbocycles. The van der Waals surface area contributed by atoms with E-state index in [0.29, 0.717) is 18.9 Å². The fraction of sp³-hybridized carbons (Fsp3) is 0.476. The summed E-state index contributed by atoms with van der Waals surface area (Å²) in [4.78, 5) is 13.8. The summed E-state index contributed by atoms with van der Waals surface area (Å²) >= 11 is 1.63. The standard InChI is InChI=1S/C21H30O3S/c1-8-19(25-20(15(4)5)12-21(22)23-7)17-9-10-18(16(6)11-17)24-13-14(2)3/h8-11,14H,12-13H2,1-7H3. The second-order valence-corrected chi connectivity index (χ2v) is 7.75. The third-order valence-corrected chi connectivity index (χ3v) is 5.11. The second-order valence-electron chi connectivity index (χ2n) is 6.62. The predicted molar refractivity (Wildman–Crippen MR) is 108 cm³/mol. The zero-order valence-electron chi connectivity index (χ0n) is 16.4. The summed E-state index contributed by atoms with van der Waals surface area (Å²) < 4.78 is 10.7. The third-order valence-electron chi connectivity index (χ3n) is 3.62. The molecule has 0 amide bonds. The normalized spacial score (nSPS) is 11.4. The van der Waals surface area contributed by atoms with Gasteiger partial charge in [-0.25, -0.2) is 0 Å². The Balaban J connectivity index is 2.98. The molecule has 0 aliphatic rings. The maximum absolute atomic E-state index is 11.7. The van der Waals surface area contributed by atoms with Crippen molar-refractivity contribution in [2.75, 3.05) is 13.7 Å². The number of aryl methyl sites for hydroxylation is 1. The zero-order valence-corrected chi connectivity index (χ0v) is 17.3. The molecular formula is C21H30O3S. The lowest BCUT2D eigenvalue weighted by atomic mass is 10.1. The molecule has 0 spiro atoms. The van der Waals surface area contributed by atoms with E-state index in [9.17, 15) is 4.79 Å². The quantitative estimate of drug-likeness (QED) is 0.533. The van der Waals surface area contributed by atoms with Crippen molar-refractivity contribution in [3.63, 3.8) is 0 Å². The van der Waals surface area contributed by atoms with Gasteiger partial charge in [0.15, 0.2) is 0 Å². The Labute approximate surface area is 156 Å². The summed E-state index contributed by atoms with van der Waals surface area (Å²) in [6.07, 6.45) is 2.38. The van der Waals surface area contributed by atoms with Gasteiger partial charge in [0, 0.05) is 4.91 Å². The number of carbonyl (C=O) groups is 1. The fourth-order valence-corrected chi connectivity index (χ4v) is 3.18. The van der Waals surface area contributed by atoms with Crippen LogP contribution in [0.25, 0.3) is 4.91 Å². The van der Waals surface area contributed by atoms with Gasteiger partial charge in [0.1, 0.15) is 5.75 Å². The molecule has 1 aromatic rings. The molecule has 138 valence electrons. The number of carbonyl (C=O) groups excluding carboxylic acids is 1. The van der Waals surface area contributed by atoms with Crippen molar-refractivity contribution in [2.45, 2.75) is 48.0 Å². The van der Waals surface area contributed by atoms with Crippen molar-refractivity contribution in [2.24, 2.45) is 5.92 Å². The first kappa shape index (κ1) is 21.4. The number of thioether (sulfide) groups is 1. The number of allylic oxidation sites excluding steroid dienone is 2. The molecule has 0 aromatic heterocycles. The maximum Gasteiger partial charge on any atom is 0.310 e. The highest BCUT2D eigenvalue weighted by atomic mass is 32.2. The molecule has 4 heteroatoms. The number of esters is 1. The van der Waals surface area contributed by atoms with Crippen molar-refractivity contribution in [1.29, 1.82) is 0 Å². The molecule has 0 saturated heterocycles. The average molecular weight is 363 g/mol. The highest BCUT2D eigenvalue weighted by Crippen LogP contribution is 2.38. The highest BCUT2D eigenvalue weighted by molar-refractivity contribution is 8.11. The van der Waals surface area contributed by atoms with Crippen LogP contribution in [-0.2, 0) is 9.53 Å². The van der Waals surface area contributed by atoms with Crippen LogP contribution in [0.1, 0.15) is 52.2 Å². The van der Waals surface area contributed by atoms with Gasteiger partial charge in [-0.05, 0) is 61.8 Å². The minimum atomic E-state index is -0.215. The largest absolute Gasteiger partial charge is 0.493 e. The summed E-state index contributed by atoms with van der Waals surface area (Å²) in [5.41, 5.74) is 3.37. The number of rotatable bonds is 8. The van der Waals surface area contributed by atoms with Crippen LogP contribution in [0, 0.1) is 12.8 Å². The molecule has 3 nitrogen and oxygen atoms in total. The van der Waals surface area contributed by atoms with Crippen molar-refractivity contribution >= 4 is 22.6 Å². The summed E-state index contributed by atoms with van der Waals surface area (Å²) in [7, 11) is 1.42. The highest BCUT2D eigenvalue weighted by Gasteiger charge is 2.13. The maximum atomic E-state index is 11.7. The Morgan fingerprint density at radius 1 is 1.28 bits per heavy atom. The van der Waals surface area contributed by atoms with E-state index in [1.807, 2.05) is 26.8 Å². The zero-order chi connectivity index (χ0) is 19.0. The van der Waals surface area contributed by atoms with E-state index >= 15 is 0 Å². The lowest BCUT2D eigenvalue weighted by Crippen LogP contribution is -2.05. The van der Waals surface area contributed by atoms with Gasteiger partial charge in [-0.1, -0.05) is 43.3 Å². The van der Waals surface area contributed by atoms with Crippen LogP contribution in [0.4, 0.5) is 0 Å². The van der Waals surface area contributed by atoms with E-state index in [4.69, 9.17) is 9.47 Å². The van der Waals surface area contributed by atoms with Crippen molar-refractivity contribution < 1.29 is 14.3 Å². The van der Waals surface area contributed by atoms with Gasteiger partial charge in [0.05, 0.1) is 20.1 Å². The predicted octanol–water partition coefficient (Wildman–Crippen LogP) is 5.98. The van der Waals surface area contributed by atoms with Gasteiger partial charge in [-0.2, -0.15) is 0 Å². The van der Waals surface area contributed by atoms with Crippen LogP contribution in [0.3, 0.4) is 0 Å². The number of methoxy groups -OCH3 is 1. The molecule has 0 radical (unpaired) electrons. The van der Waals surface area contributed by atoms with Crippen LogP contribution in [0.2, 0.25) is 0 Å². The van der Waals surface area contributed by atoms with Gasteiger partial charge in [-0.3, -0.25) is 4.79 Å². The lowest BCUT2D eigenvalue weighted by molar-refractivity contribution is -0.139. The monoisotopic (exact) mass is 362 g/mol. The third kappa shape index (κ3) is 6.99. The molecule has 0 bridgehead atoms. The van der Waals surface area contributed by atoms with E-state index in [2.05, 4.69) is 39.0 Å². The molecule has 0 saturated carbocycles. The minimum Gasteiger partial charge on any atom is -0.493 e. The molecule has 0 N–H and O–H groups in total. The van der Waals surface area contributed by atoms with Gasteiger partial charge in [0.2, 0.25) is 0 Å². The Morgan fingerprint density at radius 3 is 2.44 bits per heavy atom. The van der Waals surface area contributed by atoms with Crippen LogP contribution < -0.4 is 4.74 Å². The number of benzene rings is 1. The van der Waals surface area contributed by atoms with E-state index in [1.165, 1.54) is 7.11 Å². The molecule has 0 atom stereocenters. The van der Waals surface area contributed by atoms with Crippen molar-refractivity contribution in [3.8, 4) is 5.75 Å². The first-order valence-corrected chi connectivity index (χ1v) is 9.41. The van der Waals surface area contributed by atoms with Gasteiger partial charge in [-0.15, -0.1) is 0 Å². The SMILES string of the molecule is CC=C(SC(CC(=O)OC)=C(C)C)c1ccc(OCC(C)C)c(C)c1. The fourth-order valence-electron chi connectivity index (χ4n) is 2.16. The van der Waals surface area contributed by atoms with Gasteiger partial charge < -0.3 is 9.47 Å². The minimum absolute atomic E-state index is 0.215. The molecule has 0 heterocycles. The first-order valence-electron chi connectivity index (χ1n) is 8.59. The Bertz CT molecular complexity index is 653. The number of ether oxygens (including phenoxy) is 2. The van der Waals surface area contributed by atoms with Crippen molar-refractivity contribution in [3.05, 3.63) is 45.9 Å². The van der Waals surface area contributed by atoms with Gasteiger partial charge >= 0.3 is 5.97 Å².